The van der Waals surface area contributed by atoms with E-state index in [1.807, 2.05) is 57.4 Å². The van der Waals surface area contributed by atoms with E-state index in [0.717, 1.165) is 39.0 Å². The third-order valence-electron chi connectivity index (χ3n) is 5.83. The van der Waals surface area contributed by atoms with Crippen LogP contribution in [0.15, 0.2) is 48.7 Å². The third kappa shape index (κ3) is 4.34. The predicted molar refractivity (Wildman–Crippen MR) is 126 cm³/mol. The van der Waals surface area contributed by atoms with Gasteiger partial charge in [-0.25, -0.2) is 0 Å². The van der Waals surface area contributed by atoms with Gasteiger partial charge in [-0.2, -0.15) is 5.10 Å². The van der Waals surface area contributed by atoms with Gasteiger partial charge in [0, 0.05) is 57.9 Å². The summed E-state index contributed by atoms with van der Waals surface area (Å²) in [6, 6.07) is 13.6. The Morgan fingerprint density at radius 3 is 2.65 bits per heavy atom. The Morgan fingerprint density at radius 2 is 1.94 bits per heavy atom. The SMILES string of the molecule is Cc1nn(C)c(C)c1CC(=O)NCC(c1ccc(Cl)cc1Cl)c1c[nH]c2ccccc12. The van der Waals surface area contributed by atoms with E-state index in [1.165, 1.54) is 0 Å². The lowest BCUT2D eigenvalue weighted by Crippen LogP contribution is -2.30. The number of aryl methyl sites for hydroxylation is 2. The smallest absolute Gasteiger partial charge is 0.224 e. The highest BCUT2D eigenvalue weighted by molar-refractivity contribution is 6.35. The van der Waals surface area contributed by atoms with Gasteiger partial charge in [-0.05, 0) is 43.2 Å². The molecule has 0 saturated carbocycles. The largest absolute Gasteiger partial charge is 0.361 e. The van der Waals surface area contributed by atoms with Gasteiger partial charge in [-0.3, -0.25) is 9.48 Å². The molecule has 0 bridgehead atoms. The van der Waals surface area contributed by atoms with Gasteiger partial charge >= 0.3 is 0 Å². The van der Waals surface area contributed by atoms with Crippen LogP contribution < -0.4 is 5.32 Å². The molecule has 2 aromatic heterocycles. The van der Waals surface area contributed by atoms with Crippen molar-refractivity contribution in [3.63, 3.8) is 0 Å². The van der Waals surface area contributed by atoms with Crippen LogP contribution in [-0.2, 0) is 18.3 Å². The van der Waals surface area contributed by atoms with E-state index in [4.69, 9.17) is 23.2 Å². The lowest BCUT2D eigenvalue weighted by Gasteiger charge is -2.20. The molecule has 1 amide bonds. The van der Waals surface area contributed by atoms with Crippen LogP contribution in [0.25, 0.3) is 10.9 Å². The molecule has 1 unspecified atom stereocenters. The average Bonchev–Trinajstić information content (AvgIpc) is 3.26. The standard InChI is InChI=1S/C24H24Cl2N4O/c1-14-19(15(2)30(3)29-14)11-24(31)28-13-20(17-9-8-16(25)10-22(17)26)21-12-27-23-7-5-4-6-18(21)23/h4-10,12,20,27H,11,13H2,1-3H3,(H,28,31). The predicted octanol–water partition coefficient (Wildman–Crippen LogP) is 5.32. The molecule has 4 aromatic rings. The van der Waals surface area contributed by atoms with Crippen LogP contribution in [0, 0.1) is 13.8 Å². The topological polar surface area (TPSA) is 62.7 Å². The Hall–Kier alpha value is -2.76. The second-order valence-electron chi connectivity index (χ2n) is 7.76. The number of hydrogen-bond donors (Lipinski definition) is 2. The second-order valence-corrected chi connectivity index (χ2v) is 8.61. The molecule has 1 atom stereocenters. The second kappa shape index (κ2) is 8.77. The molecular formula is C24H24Cl2N4O. The fraction of sp³-hybridized carbons (Fsp3) is 0.250. The summed E-state index contributed by atoms with van der Waals surface area (Å²) < 4.78 is 1.81. The number of nitrogens with one attached hydrogen (secondary N) is 2. The van der Waals surface area contributed by atoms with Crippen molar-refractivity contribution in [2.24, 2.45) is 7.05 Å². The fourth-order valence-electron chi connectivity index (χ4n) is 4.07. The number of halogens is 2. The van der Waals surface area contributed by atoms with Crippen LogP contribution in [0.2, 0.25) is 10.0 Å². The minimum absolute atomic E-state index is 0.0471. The van der Waals surface area contributed by atoms with Crippen LogP contribution in [0.5, 0.6) is 0 Å². The zero-order valence-corrected chi connectivity index (χ0v) is 19.2. The van der Waals surface area contributed by atoms with E-state index >= 15 is 0 Å². The molecule has 0 aliphatic carbocycles. The van der Waals surface area contributed by atoms with Crippen molar-refractivity contribution in [2.45, 2.75) is 26.2 Å². The molecule has 2 aromatic carbocycles. The van der Waals surface area contributed by atoms with Crippen LogP contribution in [-0.4, -0.2) is 27.2 Å². The summed E-state index contributed by atoms with van der Waals surface area (Å²) in [6.45, 7) is 4.32. The molecule has 0 aliphatic rings. The van der Waals surface area contributed by atoms with Gasteiger partial charge in [-0.1, -0.05) is 47.5 Å². The maximum Gasteiger partial charge on any atom is 0.224 e. The zero-order chi connectivity index (χ0) is 22.1. The van der Waals surface area contributed by atoms with Gasteiger partial charge in [0.05, 0.1) is 12.1 Å². The number of aromatic amines is 1. The van der Waals surface area contributed by atoms with Gasteiger partial charge in [0.2, 0.25) is 5.91 Å². The molecule has 2 N–H and O–H groups in total. The van der Waals surface area contributed by atoms with E-state index in [2.05, 4.69) is 21.5 Å². The Labute approximate surface area is 191 Å². The highest BCUT2D eigenvalue weighted by Gasteiger charge is 2.22. The van der Waals surface area contributed by atoms with Gasteiger partial charge in [-0.15, -0.1) is 0 Å². The van der Waals surface area contributed by atoms with E-state index < -0.39 is 0 Å². The molecule has 5 nitrogen and oxygen atoms in total. The third-order valence-corrected chi connectivity index (χ3v) is 6.40. The molecule has 31 heavy (non-hydrogen) atoms. The van der Waals surface area contributed by atoms with Crippen LogP contribution >= 0.6 is 23.2 Å². The Morgan fingerprint density at radius 1 is 1.16 bits per heavy atom. The van der Waals surface area contributed by atoms with E-state index in [1.54, 1.807) is 10.7 Å². The van der Waals surface area contributed by atoms with Crippen molar-refractivity contribution in [1.82, 2.24) is 20.1 Å². The minimum Gasteiger partial charge on any atom is -0.361 e. The summed E-state index contributed by atoms with van der Waals surface area (Å²) >= 11 is 12.7. The fourth-order valence-corrected chi connectivity index (χ4v) is 4.61. The highest BCUT2D eigenvalue weighted by Crippen LogP contribution is 2.35. The van der Waals surface area contributed by atoms with Crippen molar-refractivity contribution in [1.29, 1.82) is 0 Å². The lowest BCUT2D eigenvalue weighted by molar-refractivity contribution is -0.120. The van der Waals surface area contributed by atoms with Gasteiger partial charge in [0.1, 0.15) is 0 Å². The number of nitrogens with zero attached hydrogens (tertiary/aromatic N) is 2. The molecule has 7 heteroatoms. The highest BCUT2D eigenvalue weighted by atomic mass is 35.5. The van der Waals surface area contributed by atoms with E-state index in [9.17, 15) is 4.79 Å². The number of rotatable bonds is 6. The summed E-state index contributed by atoms with van der Waals surface area (Å²) in [4.78, 5) is 16.1. The number of amides is 1. The molecule has 0 saturated heterocycles. The van der Waals surface area contributed by atoms with E-state index in [-0.39, 0.29) is 11.8 Å². The summed E-state index contributed by atoms with van der Waals surface area (Å²) in [5.41, 5.74) is 5.89. The van der Waals surface area contributed by atoms with Crippen molar-refractivity contribution >= 4 is 40.0 Å². The number of carbonyl (C=O) groups is 1. The molecule has 0 fully saturated rings. The molecular weight excluding hydrogens is 431 g/mol. The van der Waals surface area contributed by atoms with Crippen molar-refractivity contribution in [2.75, 3.05) is 6.54 Å². The number of benzene rings is 2. The maximum absolute atomic E-state index is 12.8. The summed E-state index contributed by atoms with van der Waals surface area (Å²) in [6.07, 6.45) is 2.28. The molecule has 2 heterocycles. The Balaban J connectivity index is 1.63. The monoisotopic (exact) mass is 454 g/mol. The van der Waals surface area contributed by atoms with Gasteiger partial charge < -0.3 is 10.3 Å². The quantitative estimate of drug-likeness (QED) is 0.414. The molecule has 4 rings (SSSR count). The van der Waals surface area contributed by atoms with Crippen molar-refractivity contribution < 1.29 is 4.79 Å². The number of fused-ring (bicyclic) bond motifs is 1. The van der Waals surface area contributed by atoms with Gasteiger partial charge in [0.15, 0.2) is 0 Å². The van der Waals surface area contributed by atoms with Crippen LogP contribution in [0.4, 0.5) is 0 Å². The Kier molecular flexibility index (Phi) is 6.08. The summed E-state index contributed by atoms with van der Waals surface area (Å²) in [5.74, 6) is -0.171. The molecule has 0 radical (unpaired) electrons. The molecule has 0 spiro atoms. The number of hydrogen-bond acceptors (Lipinski definition) is 2. The van der Waals surface area contributed by atoms with E-state index in [0.29, 0.717) is 23.0 Å². The van der Waals surface area contributed by atoms with Crippen LogP contribution in [0.3, 0.4) is 0 Å². The zero-order valence-electron chi connectivity index (χ0n) is 17.7. The van der Waals surface area contributed by atoms with Gasteiger partial charge in [0.25, 0.3) is 0 Å². The van der Waals surface area contributed by atoms with Crippen LogP contribution in [0.1, 0.15) is 34.0 Å². The Bertz CT molecular complexity index is 1260. The minimum atomic E-state index is -0.124. The number of H-pyrrole nitrogens is 1. The summed E-state index contributed by atoms with van der Waals surface area (Å²) in [7, 11) is 1.89. The number of para-hydroxylation sites is 1. The molecule has 160 valence electrons. The first-order valence-corrected chi connectivity index (χ1v) is 10.9. The number of aromatic nitrogens is 3. The van der Waals surface area contributed by atoms with Crippen molar-refractivity contribution in [3.05, 3.63) is 86.8 Å². The molecule has 0 aliphatic heterocycles. The first-order valence-electron chi connectivity index (χ1n) is 10.1. The summed E-state index contributed by atoms with van der Waals surface area (Å²) in [5, 5.41) is 9.77. The van der Waals surface area contributed by atoms with Crippen molar-refractivity contribution in [3.8, 4) is 0 Å². The normalized spacial score (nSPS) is 12.3. The first-order chi connectivity index (χ1) is 14.8. The average molecular weight is 455 g/mol. The first kappa shape index (κ1) is 21.5. The number of carbonyl (C=O) groups excluding carboxylic acids is 1. The lowest BCUT2D eigenvalue weighted by atomic mass is 9.90. The maximum atomic E-state index is 12.8.